The fraction of sp³-hybridized carbons (Fsp3) is 0.833. The van der Waals surface area contributed by atoms with Gasteiger partial charge in [-0.3, -0.25) is 0 Å². The van der Waals surface area contributed by atoms with Gasteiger partial charge in [0.15, 0.2) is 12.2 Å². The van der Waals surface area contributed by atoms with E-state index in [1.807, 2.05) is 0 Å². The standard InChI is InChI=1S/C12H22O6/c1-5-15-9(11(13)17-7-3)10(16-6-2)12(14)18-8-4/h9-10H,5-8H2,1-4H3/t9-,10-/m0/s1. The van der Waals surface area contributed by atoms with Gasteiger partial charge in [0.2, 0.25) is 0 Å². The summed E-state index contributed by atoms with van der Waals surface area (Å²) in [4.78, 5) is 23.4. The van der Waals surface area contributed by atoms with Crippen molar-refractivity contribution in [3.63, 3.8) is 0 Å². The maximum absolute atomic E-state index is 11.7. The third-order valence-electron chi connectivity index (χ3n) is 2.01. The molecule has 6 nitrogen and oxygen atoms in total. The molecule has 0 radical (unpaired) electrons. The lowest BCUT2D eigenvalue weighted by molar-refractivity contribution is -0.182. The Kier molecular flexibility index (Phi) is 9.22. The molecule has 0 amide bonds. The van der Waals surface area contributed by atoms with E-state index in [4.69, 9.17) is 18.9 Å². The van der Waals surface area contributed by atoms with Gasteiger partial charge in [0.25, 0.3) is 0 Å². The number of hydrogen-bond acceptors (Lipinski definition) is 6. The predicted octanol–water partition coefficient (Wildman–Crippen LogP) is 0.923. The lowest BCUT2D eigenvalue weighted by Crippen LogP contribution is -2.45. The fourth-order valence-corrected chi connectivity index (χ4v) is 1.37. The summed E-state index contributed by atoms with van der Waals surface area (Å²) < 4.78 is 20.2. The first-order valence-electron chi connectivity index (χ1n) is 6.18. The lowest BCUT2D eigenvalue weighted by atomic mass is 10.2. The van der Waals surface area contributed by atoms with Gasteiger partial charge in [-0.05, 0) is 27.7 Å². The largest absolute Gasteiger partial charge is 0.464 e. The molecular weight excluding hydrogens is 240 g/mol. The van der Waals surface area contributed by atoms with Crippen molar-refractivity contribution in [1.29, 1.82) is 0 Å². The Morgan fingerprint density at radius 2 is 1.06 bits per heavy atom. The van der Waals surface area contributed by atoms with E-state index in [1.165, 1.54) is 0 Å². The minimum Gasteiger partial charge on any atom is -0.464 e. The summed E-state index contributed by atoms with van der Waals surface area (Å²) >= 11 is 0. The van der Waals surface area contributed by atoms with Gasteiger partial charge in [0, 0.05) is 13.2 Å². The van der Waals surface area contributed by atoms with E-state index in [9.17, 15) is 9.59 Å². The van der Waals surface area contributed by atoms with Crippen molar-refractivity contribution in [2.75, 3.05) is 26.4 Å². The van der Waals surface area contributed by atoms with Crippen LogP contribution in [0.2, 0.25) is 0 Å². The zero-order chi connectivity index (χ0) is 14.0. The second kappa shape index (κ2) is 9.85. The van der Waals surface area contributed by atoms with Crippen molar-refractivity contribution in [2.24, 2.45) is 0 Å². The normalized spacial score (nSPS) is 13.8. The number of hydrogen-bond donors (Lipinski definition) is 0. The summed E-state index contributed by atoms with van der Waals surface area (Å²) in [6.07, 6.45) is -2.18. The average molecular weight is 262 g/mol. The smallest absolute Gasteiger partial charge is 0.338 e. The molecule has 0 saturated carbocycles. The van der Waals surface area contributed by atoms with Crippen LogP contribution in [0, 0.1) is 0 Å². The quantitative estimate of drug-likeness (QED) is 0.575. The predicted molar refractivity (Wildman–Crippen MR) is 64.1 cm³/mol. The van der Waals surface area contributed by atoms with Gasteiger partial charge in [0.05, 0.1) is 13.2 Å². The van der Waals surface area contributed by atoms with Crippen molar-refractivity contribution in [2.45, 2.75) is 39.9 Å². The molecule has 0 N–H and O–H groups in total. The topological polar surface area (TPSA) is 71.1 Å². The van der Waals surface area contributed by atoms with Crippen LogP contribution in [0.1, 0.15) is 27.7 Å². The Hall–Kier alpha value is -1.14. The molecular formula is C12H22O6. The molecule has 2 atom stereocenters. The van der Waals surface area contributed by atoms with Crippen LogP contribution < -0.4 is 0 Å². The van der Waals surface area contributed by atoms with E-state index < -0.39 is 24.1 Å². The molecule has 0 aromatic heterocycles. The first-order chi connectivity index (χ1) is 8.62. The first-order valence-corrected chi connectivity index (χ1v) is 6.18. The molecule has 6 heteroatoms. The van der Waals surface area contributed by atoms with Crippen LogP contribution >= 0.6 is 0 Å². The number of carbonyl (C=O) groups excluding carboxylic acids is 2. The van der Waals surface area contributed by atoms with Crippen LogP contribution in [0.4, 0.5) is 0 Å². The molecule has 0 rings (SSSR count). The molecule has 0 fully saturated rings. The Bertz CT molecular complexity index is 227. The van der Waals surface area contributed by atoms with Crippen molar-refractivity contribution in [3.8, 4) is 0 Å². The van der Waals surface area contributed by atoms with E-state index in [0.29, 0.717) is 0 Å². The molecule has 0 unspecified atom stereocenters. The van der Waals surface area contributed by atoms with Gasteiger partial charge in [-0.15, -0.1) is 0 Å². The summed E-state index contributed by atoms with van der Waals surface area (Å²) in [7, 11) is 0. The summed E-state index contributed by atoms with van der Waals surface area (Å²) in [5.74, 6) is -1.24. The Labute approximate surface area is 108 Å². The van der Waals surface area contributed by atoms with Gasteiger partial charge in [0.1, 0.15) is 0 Å². The van der Waals surface area contributed by atoms with E-state index >= 15 is 0 Å². The van der Waals surface area contributed by atoms with Gasteiger partial charge >= 0.3 is 11.9 Å². The number of rotatable bonds is 9. The summed E-state index contributed by atoms with van der Waals surface area (Å²) in [5, 5.41) is 0. The molecule has 0 saturated heterocycles. The van der Waals surface area contributed by atoms with Gasteiger partial charge in [-0.1, -0.05) is 0 Å². The average Bonchev–Trinajstić information content (AvgIpc) is 2.34. The van der Waals surface area contributed by atoms with Gasteiger partial charge < -0.3 is 18.9 Å². The molecule has 0 aliphatic rings. The molecule has 0 aliphatic carbocycles. The van der Waals surface area contributed by atoms with E-state index in [0.717, 1.165) is 0 Å². The van der Waals surface area contributed by atoms with Gasteiger partial charge in [-0.2, -0.15) is 0 Å². The van der Waals surface area contributed by atoms with Crippen molar-refractivity contribution in [1.82, 2.24) is 0 Å². The second-order valence-corrected chi connectivity index (χ2v) is 3.26. The third-order valence-corrected chi connectivity index (χ3v) is 2.01. The van der Waals surface area contributed by atoms with E-state index in [1.54, 1.807) is 27.7 Å². The third kappa shape index (κ3) is 5.46. The molecule has 0 bridgehead atoms. The van der Waals surface area contributed by atoms with Crippen LogP contribution in [0.15, 0.2) is 0 Å². The SMILES string of the molecule is CCOC(=O)[C@@H](OCC)[C@H](OCC)C(=O)OCC. The summed E-state index contributed by atoms with van der Waals surface area (Å²) in [6, 6.07) is 0. The highest BCUT2D eigenvalue weighted by molar-refractivity contribution is 5.85. The van der Waals surface area contributed by atoms with E-state index in [2.05, 4.69) is 0 Å². The zero-order valence-electron chi connectivity index (χ0n) is 11.4. The maximum atomic E-state index is 11.7. The minimum absolute atomic E-state index is 0.212. The Balaban J connectivity index is 4.84. The molecule has 0 aromatic rings. The highest BCUT2D eigenvalue weighted by atomic mass is 16.6. The molecule has 106 valence electrons. The van der Waals surface area contributed by atoms with Gasteiger partial charge in [-0.25, -0.2) is 9.59 Å². The number of esters is 2. The Morgan fingerprint density at radius 3 is 1.28 bits per heavy atom. The first kappa shape index (κ1) is 16.9. The summed E-state index contributed by atoms with van der Waals surface area (Å²) in [5.41, 5.74) is 0. The number of carbonyl (C=O) groups is 2. The highest BCUT2D eigenvalue weighted by Gasteiger charge is 2.37. The highest BCUT2D eigenvalue weighted by Crippen LogP contribution is 2.09. The molecule has 0 heterocycles. The Morgan fingerprint density at radius 1 is 0.722 bits per heavy atom. The van der Waals surface area contributed by atoms with Crippen LogP contribution in [-0.2, 0) is 28.5 Å². The molecule has 0 aliphatic heterocycles. The maximum Gasteiger partial charge on any atom is 0.338 e. The van der Waals surface area contributed by atoms with E-state index in [-0.39, 0.29) is 26.4 Å². The number of ether oxygens (including phenoxy) is 4. The molecule has 18 heavy (non-hydrogen) atoms. The monoisotopic (exact) mass is 262 g/mol. The minimum atomic E-state index is -1.09. The molecule has 0 spiro atoms. The van der Waals surface area contributed by atoms with Crippen LogP contribution in [0.3, 0.4) is 0 Å². The summed E-state index contributed by atoms with van der Waals surface area (Å²) in [6.45, 7) is 7.77. The van der Waals surface area contributed by atoms with Crippen molar-refractivity contribution >= 4 is 11.9 Å². The van der Waals surface area contributed by atoms with Crippen molar-refractivity contribution < 1.29 is 28.5 Å². The lowest BCUT2D eigenvalue weighted by Gasteiger charge is -2.23. The van der Waals surface area contributed by atoms with Crippen LogP contribution in [-0.4, -0.2) is 50.6 Å². The van der Waals surface area contributed by atoms with Crippen LogP contribution in [0.5, 0.6) is 0 Å². The van der Waals surface area contributed by atoms with Crippen LogP contribution in [0.25, 0.3) is 0 Å². The second-order valence-electron chi connectivity index (χ2n) is 3.26. The zero-order valence-corrected chi connectivity index (χ0v) is 11.4. The molecule has 0 aromatic carbocycles. The van der Waals surface area contributed by atoms with Crippen molar-refractivity contribution in [3.05, 3.63) is 0 Å². The fourth-order valence-electron chi connectivity index (χ4n) is 1.37.